The molecular formula is C29H24FN3O4. The summed E-state index contributed by atoms with van der Waals surface area (Å²) in [6, 6.07) is 27.4. The molecule has 37 heavy (non-hydrogen) atoms. The number of fused-ring (bicyclic) bond motifs is 1. The van der Waals surface area contributed by atoms with E-state index in [1.54, 1.807) is 30.2 Å². The minimum atomic E-state index is -0.466. The lowest BCUT2D eigenvalue weighted by Crippen LogP contribution is -2.43. The van der Waals surface area contributed by atoms with Crippen molar-refractivity contribution in [3.63, 3.8) is 0 Å². The molecule has 0 saturated heterocycles. The van der Waals surface area contributed by atoms with Gasteiger partial charge in [0.05, 0.1) is 12.7 Å². The highest BCUT2D eigenvalue weighted by Crippen LogP contribution is 2.37. The van der Waals surface area contributed by atoms with E-state index in [1.807, 2.05) is 54.6 Å². The van der Waals surface area contributed by atoms with E-state index in [2.05, 4.69) is 10.6 Å². The molecule has 7 nitrogen and oxygen atoms in total. The molecule has 4 aromatic rings. The lowest BCUT2D eigenvalue weighted by molar-refractivity contribution is -0.118. The Morgan fingerprint density at radius 2 is 1.59 bits per heavy atom. The number of benzene rings is 4. The lowest BCUT2D eigenvalue weighted by atomic mass is 10.0. The summed E-state index contributed by atoms with van der Waals surface area (Å²) >= 11 is 0. The molecule has 0 aliphatic carbocycles. The molecule has 1 heterocycles. The fourth-order valence-electron chi connectivity index (χ4n) is 4.12. The van der Waals surface area contributed by atoms with E-state index < -0.39 is 6.17 Å². The van der Waals surface area contributed by atoms with Crippen molar-refractivity contribution >= 4 is 28.9 Å². The molecule has 0 fully saturated rings. The van der Waals surface area contributed by atoms with Crippen LogP contribution < -0.4 is 25.0 Å². The van der Waals surface area contributed by atoms with Crippen molar-refractivity contribution in [2.45, 2.75) is 6.17 Å². The molecule has 0 bridgehead atoms. The van der Waals surface area contributed by atoms with Crippen LogP contribution >= 0.6 is 0 Å². The van der Waals surface area contributed by atoms with Gasteiger partial charge in [-0.2, -0.15) is 0 Å². The number of carbonyl (C=O) groups excluding carboxylic acids is 2. The van der Waals surface area contributed by atoms with Crippen LogP contribution in [0.1, 0.15) is 22.1 Å². The minimum absolute atomic E-state index is 0.123. The highest BCUT2D eigenvalue weighted by Gasteiger charge is 2.34. The number of ether oxygens (including phenoxy) is 2. The van der Waals surface area contributed by atoms with Gasteiger partial charge in [0.25, 0.3) is 11.8 Å². The van der Waals surface area contributed by atoms with Gasteiger partial charge < -0.3 is 20.1 Å². The van der Waals surface area contributed by atoms with Gasteiger partial charge in [0, 0.05) is 17.1 Å². The second-order valence-electron chi connectivity index (χ2n) is 8.38. The van der Waals surface area contributed by atoms with Gasteiger partial charge in [0.15, 0.2) is 6.61 Å². The van der Waals surface area contributed by atoms with Crippen LogP contribution in [0.3, 0.4) is 0 Å². The van der Waals surface area contributed by atoms with Crippen LogP contribution in [0.5, 0.6) is 11.5 Å². The monoisotopic (exact) mass is 497 g/mol. The van der Waals surface area contributed by atoms with Crippen molar-refractivity contribution in [2.24, 2.45) is 0 Å². The fourth-order valence-corrected chi connectivity index (χ4v) is 4.12. The van der Waals surface area contributed by atoms with Gasteiger partial charge in [-0.05, 0) is 78.4 Å². The molecule has 4 aromatic carbocycles. The normalized spacial score (nSPS) is 14.4. The van der Waals surface area contributed by atoms with Crippen LogP contribution in [0.2, 0.25) is 0 Å². The summed E-state index contributed by atoms with van der Waals surface area (Å²) in [4.78, 5) is 27.4. The molecular weight excluding hydrogens is 473 g/mol. The summed E-state index contributed by atoms with van der Waals surface area (Å²) < 4.78 is 23.9. The van der Waals surface area contributed by atoms with Crippen molar-refractivity contribution in [2.75, 3.05) is 29.3 Å². The molecule has 2 N–H and O–H groups in total. The number of hydrogen-bond donors (Lipinski definition) is 2. The molecule has 1 atom stereocenters. The minimum Gasteiger partial charge on any atom is -0.497 e. The SMILES string of the molecule is COc1ccc(N2C(=O)c3ccccc3N[C@@H]2c2ccc(OCC(=O)Nc3ccc(F)cc3)cc2)cc1. The van der Waals surface area contributed by atoms with Crippen molar-refractivity contribution in [3.8, 4) is 11.5 Å². The largest absolute Gasteiger partial charge is 0.497 e. The van der Waals surface area contributed by atoms with Gasteiger partial charge in [-0.15, -0.1) is 0 Å². The Labute approximate surface area is 213 Å². The van der Waals surface area contributed by atoms with Crippen LogP contribution in [0.15, 0.2) is 97.1 Å². The fraction of sp³-hybridized carbons (Fsp3) is 0.103. The Kier molecular flexibility index (Phi) is 6.72. The Morgan fingerprint density at radius 1 is 0.919 bits per heavy atom. The first-order valence-electron chi connectivity index (χ1n) is 11.6. The van der Waals surface area contributed by atoms with Gasteiger partial charge in [-0.3, -0.25) is 14.5 Å². The summed E-state index contributed by atoms with van der Waals surface area (Å²) in [6.45, 7) is -0.206. The van der Waals surface area contributed by atoms with Crippen LogP contribution in [0.4, 0.5) is 21.5 Å². The molecule has 1 aliphatic heterocycles. The second kappa shape index (κ2) is 10.4. The number of anilines is 3. The van der Waals surface area contributed by atoms with E-state index in [1.165, 1.54) is 24.3 Å². The Bertz CT molecular complexity index is 1410. The lowest BCUT2D eigenvalue weighted by Gasteiger charge is -2.38. The average molecular weight is 498 g/mol. The first-order valence-corrected chi connectivity index (χ1v) is 11.6. The molecule has 0 radical (unpaired) electrons. The molecule has 1 aliphatic rings. The quantitative estimate of drug-likeness (QED) is 0.346. The molecule has 0 spiro atoms. The molecule has 0 aromatic heterocycles. The molecule has 5 rings (SSSR count). The topological polar surface area (TPSA) is 79.9 Å². The molecule has 186 valence electrons. The molecule has 0 saturated carbocycles. The smallest absolute Gasteiger partial charge is 0.262 e. The maximum atomic E-state index is 13.5. The van der Waals surface area contributed by atoms with E-state index in [9.17, 15) is 14.0 Å². The summed E-state index contributed by atoms with van der Waals surface area (Å²) in [5.41, 5.74) is 3.37. The zero-order chi connectivity index (χ0) is 25.8. The Morgan fingerprint density at radius 3 is 2.30 bits per heavy atom. The van der Waals surface area contributed by atoms with Gasteiger partial charge in [0.1, 0.15) is 23.5 Å². The first kappa shape index (κ1) is 23.9. The van der Waals surface area contributed by atoms with Gasteiger partial charge >= 0.3 is 0 Å². The highest BCUT2D eigenvalue weighted by atomic mass is 19.1. The molecule has 0 unspecified atom stereocenters. The van der Waals surface area contributed by atoms with Gasteiger partial charge in [-0.25, -0.2) is 4.39 Å². The predicted octanol–water partition coefficient (Wildman–Crippen LogP) is 5.62. The van der Waals surface area contributed by atoms with Crippen LogP contribution in [-0.4, -0.2) is 25.5 Å². The van der Waals surface area contributed by atoms with Gasteiger partial charge in [-0.1, -0.05) is 24.3 Å². The number of amides is 2. The molecule has 8 heteroatoms. The number of nitrogens with one attached hydrogen (secondary N) is 2. The zero-order valence-electron chi connectivity index (χ0n) is 20.0. The summed E-state index contributed by atoms with van der Waals surface area (Å²) in [6.07, 6.45) is -0.466. The summed E-state index contributed by atoms with van der Waals surface area (Å²) in [5.74, 6) is 0.331. The van der Waals surface area contributed by atoms with E-state index in [0.717, 1.165) is 16.9 Å². The standard InChI is InChI=1S/C29H24FN3O4/c1-36-23-16-12-22(13-17-23)33-28(32-26-5-3-2-4-25(26)29(33)35)19-6-14-24(15-7-19)37-18-27(34)31-21-10-8-20(30)9-11-21/h2-17,28,32H,18H2,1H3,(H,31,34)/t28-/m0/s1. The third-order valence-electron chi connectivity index (χ3n) is 5.97. The van der Waals surface area contributed by atoms with Crippen molar-refractivity contribution in [1.29, 1.82) is 0 Å². The maximum absolute atomic E-state index is 13.5. The van der Waals surface area contributed by atoms with E-state index in [4.69, 9.17) is 9.47 Å². The second-order valence-corrected chi connectivity index (χ2v) is 8.38. The van der Waals surface area contributed by atoms with Crippen molar-refractivity contribution in [1.82, 2.24) is 0 Å². The van der Waals surface area contributed by atoms with Crippen molar-refractivity contribution in [3.05, 3.63) is 114 Å². The van der Waals surface area contributed by atoms with Gasteiger partial charge in [0.2, 0.25) is 0 Å². The zero-order valence-corrected chi connectivity index (χ0v) is 20.0. The van der Waals surface area contributed by atoms with E-state index in [-0.39, 0.29) is 24.2 Å². The predicted molar refractivity (Wildman–Crippen MR) is 140 cm³/mol. The number of rotatable bonds is 7. The third-order valence-corrected chi connectivity index (χ3v) is 5.97. The van der Waals surface area contributed by atoms with Crippen molar-refractivity contribution < 1.29 is 23.5 Å². The summed E-state index contributed by atoms with van der Waals surface area (Å²) in [5, 5.41) is 6.12. The first-order chi connectivity index (χ1) is 18.0. The van der Waals surface area contributed by atoms with E-state index in [0.29, 0.717) is 22.7 Å². The maximum Gasteiger partial charge on any atom is 0.262 e. The van der Waals surface area contributed by atoms with Crippen LogP contribution in [0.25, 0.3) is 0 Å². The number of methoxy groups -OCH3 is 1. The number of para-hydroxylation sites is 1. The number of nitrogens with zero attached hydrogens (tertiary/aromatic N) is 1. The average Bonchev–Trinajstić information content (AvgIpc) is 2.93. The third kappa shape index (κ3) is 5.23. The number of hydrogen-bond acceptors (Lipinski definition) is 5. The van der Waals surface area contributed by atoms with Crippen LogP contribution in [0, 0.1) is 5.82 Å². The Hall–Kier alpha value is -4.85. The Balaban J connectivity index is 1.33. The number of halogens is 1. The summed E-state index contributed by atoms with van der Waals surface area (Å²) in [7, 11) is 1.59. The number of carbonyl (C=O) groups is 2. The van der Waals surface area contributed by atoms with Crippen LogP contribution in [-0.2, 0) is 4.79 Å². The van der Waals surface area contributed by atoms with E-state index >= 15 is 0 Å². The molecule has 2 amide bonds. The highest BCUT2D eigenvalue weighted by molar-refractivity contribution is 6.12.